The monoisotopic (exact) mass is 222 g/mol. The van der Waals surface area contributed by atoms with Crippen molar-refractivity contribution in [1.29, 1.82) is 0 Å². The number of thioether (sulfide) groups is 2. The van der Waals surface area contributed by atoms with E-state index < -0.39 is 0 Å². The molecule has 0 unspecified atom stereocenters. The van der Waals surface area contributed by atoms with Crippen LogP contribution in [-0.4, -0.2) is 22.5 Å². The Hall–Kier alpha value is -0.740. The van der Waals surface area contributed by atoms with E-state index in [1.807, 2.05) is 18.4 Å². The number of aromatic nitrogens is 2. The van der Waals surface area contributed by atoms with Crippen molar-refractivity contribution < 1.29 is 0 Å². The van der Waals surface area contributed by atoms with Crippen molar-refractivity contribution in [1.82, 2.24) is 9.97 Å². The van der Waals surface area contributed by atoms with Crippen molar-refractivity contribution in [3.05, 3.63) is 24.4 Å². The van der Waals surface area contributed by atoms with Gasteiger partial charge in [-0.2, -0.15) is 0 Å². The minimum Gasteiger partial charge on any atom is -0.237 e. The Morgan fingerprint density at radius 2 is 2.07 bits per heavy atom. The van der Waals surface area contributed by atoms with Crippen LogP contribution in [0.1, 0.15) is 0 Å². The summed E-state index contributed by atoms with van der Waals surface area (Å²) in [5, 5.41) is 2.17. The zero-order valence-corrected chi connectivity index (χ0v) is 9.65. The second kappa shape index (κ2) is 4.19. The molecule has 0 bridgehead atoms. The van der Waals surface area contributed by atoms with E-state index in [-0.39, 0.29) is 0 Å². The third-order valence-corrected chi connectivity index (χ3v) is 3.51. The normalized spacial score (nSPS) is 10.7. The molecule has 0 aliphatic rings. The van der Waals surface area contributed by atoms with Gasteiger partial charge in [-0.15, -0.1) is 23.5 Å². The van der Waals surface area contributed by atoms with Gasteiger partial charge in [0.25, 0.3) is 0 Å². The van der Waals surface area contributed by atoms with E-state index in [1.54, 1.807) is 29.7 Å². The lowest BCUT2D eigenvalue weighted by Gasteiger charge is -2.04. The zero-order valence-electron chi connectivity index (χ0n) is 8.02. The van der Waals surface area contributed by atoms with Crippen LogP contribution in [0.5, 0.6) is 0 Å². The molecule has 0 N–H and O–H groups in total. The molecule has 4 heteroatoms. The molecule has 2 heterocycles. The highest BCUT2D eigenvalue weighted by Crippen LogP contribution is 2.28. The first-order chi connectivity index (χ1) is 6.85. The molecule has 2 aromatic rings. The van der Waals surface area contributed by atoms with Crippen LogP contribution in [-0.2, 0) is 0 Å². The Morgan fingerprint density at radius 3 is 2.79 bits per heavy atom. The summed E-state index contributed by atoms with van der Waals surface area (Å²) in [7, 11) is 0. The van der Waals surface area contributed by atoms with Crippen molar-refractivity contribution in [2.75, 3.05) is 12.5 Å². The van der Waals surface area contributed by atoms with Gasteiger partial charge in [-0.3, -0.25) is 0 Å². The minimum absolute atomic E-state index is 0.828. The molecule has 0 atom stereocenters. The molecule has 0 radical (unpaired) electrons. The van der Waals surface area contributed by atoms with E-state index in [0.717, 1.165) is 16.1 Å². The Labute approximate surface area is 91.5 Å². The van der Waals surface area contributed by atoms with Gasteiger partial charge in [-0.05, 0) is 30.7 Å². The number of hydrogen-bond acceptors (Lipinski definition) is 4. The fourth-order valence-electron chi connectivity index (χ4n) is 1.26. The molecule has 2 aromatic heterocycles. The molecule has 0 fully saturated rings. The van der Waals surface area contributed by atoms with E-state index >= 15 is 0 Å². The average Bonchev–Trinajstić information content (AvgIpc) is 2.27. The van der Waals surface area contributed by atoms with Crippen molar-refractivity contribution in [2.24, 2.45) is 0 Å². The molecule has 2 rings (SSSR count). The molecule has 0 aromatic carbocycles. The minimum atomic E-state index is 0.828. The third-order valence-electron chi connectivity index (χ3n) is 1.93. The van der Waals surface area contributed by atoms with Gasteiger partial charge in [0.2, 0.25) is 0 Å². The van der Waals surface area contributed by atoms with Crippen molar-refractivity contribution in [3.63, 3.8) is 0 Å². The maximum atomic E-state index is 4.50. The molecule has 0 spiro atoms. The zero-order chi connectivity index (χ0) is 9.97. The molecule has 0 saturated heterocycles. The second-order valence-corrected chi connectivity index (χ2v) is 4.39. The first-order valence-corrected chi connectivity index (χ1v) is 6.64. The molecule has 0 amide bonds. The predicted octanol–water partition coefficient (Wildman–Crippen LogP) is 3.07. The molecule has 0 aliphatic heterocycles. The van der Waals surface area contributed by atoms with Gasteiger partial charge in [0.15, 0.2) is 5.65 Å². The van der Waals surface area contributed by atoms with Gasteiger partial charge in [0.05, 0.1) is 0 Å². The summed E-state index contributed by atoms with van der Waals surface area (Å²) in [4.78, 5) is 9.95. The number of rotatable bonds is 2. The maximum absolute atomic E-state index is 4.50. The maximum Gasteiger partial charge on any atom is 0.160 e. The van der Waals surface area contributed by atoms with Crippen LogP contribution in [0.25, 0.3) is 11.0 Å². The van der Waals surface area contributed by atoms with Crippen molar-refractivity contribution in [2.45, 2.75) is 9.92 Å². The number of hydrogen-bond donors (Lipinski definition) is 0. The van der Waals surface area contributed by atoms with Gasteiger partial charge in [-0.1, -0.05) is 0 Å². The summed E-state index contributed by atoms with van der Waals surface area (Å²) < 4.78 is 0. The van der Waals surface area contributed by atoms with Crippen LogP contribution >= 0.6 is 23.5 Å². The van der Waals surface area contributed by atoms with Crippen molar-refractivity contribution in [3.8, 4) is 0 Å². The molecule has 72 valence electrons. The van der Waals surface area contributed by atoms with Crippen LogP contribution in [0.2, 0.25) is 0 Å². The topological polar surface area (TPSA) is 25.8 Å². The predicted molar refractivity (Wildman–Crippen MR) is 63.1 cm³/mol. The molecular formula is C10H10N2S2. The highest BCUT2D eigenvalue weighted by molar-refractivity contribution is 8.01. The summed E-state index contributed by atoms with van der Waals surface area (Å²) in [6, 6.07) is 6.12. The van der Waals surface area contributed by atoms with Gasteiger partial charge in [0.1, 0.15) is 5.03 Å². The summed E-state index contributed by atoms with van der Waals surface area (Å²) in [6.45, 7) is 0. The summed E-state index contributed by atoms with van der Waals surface area (Å²) >= 11 is 3.39. The summed E-state index contributed by atoms with van der Waals surface area (Å²) in [6.07, 6.45) is 5.88. The lowest BCUT2D eigenvalue weighted by atomic mass is 10.3. The lowest BCUT2D eigenvalue weighted by molar-refractivity contribution is 1.06. The van der Waals surface area contributed by atoms with Crippen LogP contribution in [0.3, 0.4) is 0 Å². The Balaban J connectivity index is 2.69. The highest BCUT2D eigenvalue weighted by Gasteiger charge is 2.04. The lowest BCUT2D eigenvalue weighted by Crippen LogP contribution is -1.88. The Bertz CT molecular complexity index is 414. The average molecular weight is 222 g/mol. The van der Waals surface area contributed by atoms with Crippen LogP contribution < -0.4 is 0 Å². The van der Waals surface area contributed by atoms with Gasteiger partial charge < -0.3 is 0 Å². The largest absolute Gasteiger partial charge is 0.237 e. The van der Waals surface area contributed by atoms with Crippen LogP contribution in [0, 0.1) is 0 Å². The molecule has 0 saturated carbocycles. The van der Waals surface area contributed by atoms with E-state index in [9.17, 15) is 0 Å². The fourth-order valence-corrected chi connectivity index (χ4v) is 2.67. The molecule has 2 nitrogen and oxygen atoms in total. The molecule has 14 heavy (non-hydrogen) atoms. The van der Waals surface area contributed by atoms with E-state index in [4.69, 9.17) is 0 Å². The SMILES string of the molecule is CSc1cc2cccnc2nc1SC. The van der Waals surface area contributed by atoms with Gasteiger partial charge in [0, 0.05) is 16.5 Å². The van der Waals surface area contributed by atoms with E-state index in [2.05, 4.69) is 22.3 Å². The standard InChI is InChI=1S/C10H10N2S2/c1-13-8-6-7-4-3-5-11-9(7)12-10(8)14-2/h3-6H,1-2H3. The first kappa shape index (κ1) is 9.80. The number of nitrogens with zero attached hydrogens (tertiary/aromatic N) is 2. The second-order valence-electron chi connectivity index (χ2n) is 2.75. The number of fused-ring (bicyclic) bond motifs is 1. The van der Waals surface area contributed by atoms with E-state index in [0.29, 0.717) is 0 Å². The van der Waals surface area contributed by atoms with Gasteiger partial charge >= 0.3 is 0 Å². The van der Waals surface area contributed by atoms with Crippen LogP contribution in [0.4, 0.5) is 0 Å². The number of pyridine rings is 2. The molecular weight excluding hydrogens is 212 g/mol. The summed E-state index contributed by atoms with van der Waals surface area (Å²) in [5.41, 5.74) is 0.828. The molecule has 0 aliphatic carbocycles. The van der Waals surface area contributed by atoms with Crippen LogP contribution in [0.15, 0.2) is 34.3 Å². The van der Waals surface area contributed by atoms with Crippen molar-refractivity contribution >= 4 is 34.6 Å². The Morgan fingerprint density at radius 1 is 1.21 bits per heavy atom. The first-order valence-electron chi connectivity index (χ1n) is 4.19. The highest BCUT2D eigenvalue weighted by atomic mass is 32.2. The quantitative estimate of drug-likeness (QED) is 0.729. The van der Waals surface area contributed by atoms with Gasteiger partial charge in [-0.25, -0.2) is 9.97 Å². The summed E-state index contributed by atoms with van der Waals surface area (Å²) in [5.74, 6) is 0. The smallest absolute Gasteiger partial charge is 0.160 e. The Kier molecular flexibility index (Phi) is 2.93. The third kappa shape index (κ3) is 1.72. The van der Waals surface area contributed by atoms with E-state index in [1.165, 1.54) is 4.90 Å². The fraction of sp³-hybridized carbons (Fsp3) is 0.200.